The van der Waals surface area contributed by atoms with Gasteiger partial charge in [-0.05, 0) is 36.8 Å². The summed E-state index contributed by atoms with van der Waals surface area (Å²) in [5, 5.41) is 25.2. The van der Waals surface area contributed by atoms with Crippen molar-refractivity contribution in [2.45, 2.75) is 12.8 Å². The van der Waals surface area contributed by atoms with Crippen LogP contribution in [0.3, 0.4) is 0 Å². The summed E-state index contributed by atoms with van der Waals surface area (Å²) >= 11 is 5.95. The van der Waals surface area contributed by atoms with Crippen molar-refractivity contribution in [1.29, 1.82) is 10.5 Å². The average Bonchev–Trinajstić information content (AvgIpc) is 2.96. The molecule has 5 nitrogen and oxygen atoms in total. The summed E-state index contributed by atoms with van der Waals surface area (Å²) < 4.78 is 0. The van der Waals surface area contributed by atoms with Crippen LogP contribution in [0.1, 0.15) is 18.4 Å². The maximum absolute atomic E-state index is 13.1. The molecule has 0 aliphatic carbocycles. The molecule has 0 bridgehead atoms. The number of amides is 1. The highest BCUT2D eigenvalue weighted by atomic mass is 35.5. The van der Waals surface area contributed by atoms with Gasteiger partial charge in [-0.3, -0.25) is 4.79 Å². The van der Waals surface area contributed by atoms with Gasteiger partial charge in [0.05, 0.1) is 23.7 Å². The summed E-state index contributed by atoms with van der Waals surface area (Å²) in [7, 11) is 0. The van der Waals surface area contributed by atoms with Crippen molar-refractivity contribution in [2.24, 2.45) is 16.9 Å². The predicted molar refractivity (Wildman–Crippen MR) is 99.4 cm³/mol. The standard InChI is InChI=1S/C20H15ClN4O/c1-13-18(20(26)25(24-13)17-5-3-2-4-6-17)19(15(11-22)12-23)14-7-9-16(21)10-8-14/h2-10,15,18-19H,1H3/t18-,19-/m1/s1. The van der Waals surface area contributed by atoms with Gasteiger partial charge in [0.2, 0.25) is 0 Å². The van der Waals surface area contributed by atoms with Crippen LogP contribution in [0.2, 0.25) is 5.02 Å². The quantitative estimate of drug-likeness (QED) is 0.820. The fourth-order valence-electron chi connectivity index (χ4n) is 3.20. The Morgan fingerprint density at radius 3 is 2.27 bits per heavy atom. The number of hydrazone groups is 1. The van der Waals surface area contributed by atoms with Crippen LogP contribution in [0.5, 0.6) is 0 Å². The van der Waals surface area contributed by atoms with Crippen molar-refractivity contribution >= 4 is 28.9 Å². The summed E-state index contributed by atoms with van der Waals surface area (Å²) in [5.41, 5.74) is 1.94. The van der Waals surface area contributed by atoms with E-state index in [9.17, 15) is 15.3 Å². The summed E-state index contributed by atoms with van der Waals surface area (Å²) in [6.07, 6.45) is 0. The molecule has 0 N–H and O–H groups in total. The van der Waals surface area contributed by atoms with Crippen molar-refractivity contribution in [2.75, 3.05) is 5.01 Å². The lowest BCUT2D eigenvalue weighted by atomic mass is 9.76. The molecule has 0 saturated carbocycles. The Kier molecular flexibility index (Phi) is 5.02. The molecule has 6 heteroatoms. The van der Waals surface area contributed by atoms with Gasteiger partial charge in [0.1, 0.15) is 5.92 Å². The fourth-order valence-corrected chi connectivity index (χ4v) is 3.33. The van der Waals surface area contributed by atoms with Crippen LogP contribution >= 0.6 is 11.6 Å². The molecule has 0 radical (unpaired) electrons. The molecule has 0 aromatic heterocycles. The lowest BCUT2D eigenvalue weighted by Gasteiger charge is -2.24. The minimum absolute atomic E-state index is 0.246. The van der Waals surface area contributed by atoms with E-state index in [2.05, 4.69) is 5.10 Å². The van der Waals surface area contributed by atoms with Gasteiger partial charge in [-0.25, -0.2) is 5.01 Å². The molecule has 1 aliphatic rings. The number of anilines is 1. The van der Waals surface area contributed by atoms with Gasteiger partial charge < -0.3 is 0 Å². The summed E-state index contributed by atoms with van der Waals surface area (Å²) in [4.78, 5) is 13.1. The molecular formula is C20H15ClN4O. The van der Waals surface area contributed by atoms with E-state index in [4.69, 9.17) is 11.6 Å². The first-order valence-corrected chi connectivity index (χ1v) is 8.43. The number of rotatable bonds is 4. The number of hydrogen-bond donors (Lipinski definition) is 0. The molecule has 0 unspecified atom stereocenters. The lowest BCUT2D eigenvalue weighted by Crippen LogP contribution is -2.34. The largest absolute Gasteiger partial charge is 0.272 e. The van der Waals surface area contributed by atoms with E-state index < -0.39 is 17.8 Å². The highest BCUT2D eigenvalue weighted by Gasteiger charge is 2.44. The van der Waals surface area contributed by atoms with E-state index in [1.807, 2.05) is 30.3 Å². The normalized spacial score (nSPS) is 17.6. The number of nitriles is 2. The van der Waals surface area contributed by atoms with Gasteiger partial charge in [0, 0.05) is 16.7 Å². The van der Waals surface area contributed by atoms with Gasteiger partial charge in [0.25, 0.3) is 5.91 Å². The van der Waals surface area contributed by atoms with Gasteiger partial charge in [-0.1, -0.05) is 41.9 Å². The molecule has 1 aliphatic heterocycles. The Morgan fingerprint density at radius 2 is 1.69 bits per heavy atom. The molecule has 0 saturated heterocycles. The highest BCUT2D eigenvalue weighted by Crippen LogP contribution is 2.38. The van der Waals surface area contributed by atoms with Crippen molar-refractivity contribution in [3.63, 3.8) is 0 Å². The Bertz CT molecular complexity index is 911. The lowest BCUT2D eigenvalue weighted by molar-refractivity contribution is -0.120. The zero-order valence-electron chi connectivity index (χ0n) is 14.0. The minimum Gasteiger partial charge on any atom is -0.272 e. The predicted octanol–water partition coefficient (Wildman–Crippen LogP) is 4.13. The van der Waals surface area contributed by atoms with Crippen molar-refractivity contribution < 1.29 is 4.79 Å². The van der Waals surface area contributed by atoms with Crippen LogP contribution in [-0.2, 0) is 4.79 Å². The third kappa shape index (κ3) is 3.18. The number of para-hydroxylation sites is 1. The molecule has 3 rings (SSSR count). The maximum atomic E-state index is 13.1. The van der Waals surface area contributed by atoms with Gasteiger partial charge >= 0.3 is 0 Å². The Balaban J connectivity index is 2.04. The zero-order chi connectivity index (χ0) is 18.7. The van der Waals surface area contributed by atoms with E-state index in [0.717, 1.165) is 0 Å². The van der Waals surface area contributed by atoms with E-state index in [0.29, 0.717) is 22.0 Å². The SMILES string of the molecule is CC1=NN(c2ccccc2)C(=O)[C@H]1[C@H](c1ccc(Cl)cc1)C(C#N)C#N. The van der Waals surface area contributed by atoms with E-state index in [1.165, 1.54) is 5.01 Å². The third-order valence-corrected chi connectivity index (χ3v) is 4.69. The molecule has 2 atom stereocenters. The molecular weight excluding hydrogens is 348 g/mol. The van der Waals surface area contributed by atoms with Crippen LogP contribution < -0.4 is 5.01 Å². The summed E-state index contributed by atoms with van der Waals surface area (Å²) in [6, 6.07) is 20.0. The Hall–Kier alpha value is -3.15. The monoisotopic (exact) mass is 362 g/mol. The Labute approximate surface area is 156 Å². The van der Waals surface area contributed by atoms with Crippen LogP contribution in [0, 0.1) is 34.5 Å². The van der Waals surface area contributed by atoms with Crippen LogP contribution in [0.15, 0.2) is 59.7 Å². The third-order valence-electron chi connectivity index (χ3n) is 4.43. The smallest absolute Gasteiger partial charge is 0.256 e. The minimum atomic E-state index is -0.981. The van der Waals surface area contributed by atoms with Crippen molar-refractivity contribution in [3.8, 4) is 12.1 Å². The molecule has 2 aromatic rings. The van der Waals surface area contributed by atoms with E-state index in [-0.39, 0.29) is 5.91 Å². The van der Waals surface area contributed by atoms with E-state index >= 15 is 0 Å². The molecule has 128 valence electrons. The first kappa shape index (κ1) is 17.7. The first-order valence-electron chi connectivity index (χ1n) is 8.05. The number of halogens is 1. The average molecular weight is 363 g/mol. The topological polar surface area (TPSA) is 80.2 Å². The van der Waals surface area contributed by atoms with Crippen molar-refractivity contribution in [1.82, 2.24) is 0 Å². The molecule has 1 heterocycles. The molecule has 0 spiro atoms. The number of benzene rings is 2. The summed E-state index contributed by atoms with van der Waals surface area (Å²) in [5.74, 6) is -2.52. The maximum Gasteiger partial charge on any atom is 0.256 e. The van der Waals surface area contributed by atoms with Gasteiger partial charge in [-0.15, -0.1) is 0 Å². The van der Waals surface area contributed by atoms with Gasteiger partial charge in [0.15, 0.2) is 0 Å². The van der Waals surface area contributed by atoms with Crippen LogP contribution in [-0.4, -0.2) is 11.6 Å². The second-order valence-electron chi connectivity index (χ2n) is 6.02. The number of hydrogen-bond acceptors (Lipinski definition) is 4. The molecule has 1 amide bonds. The second-order valence-corrected chi connectivity index (χ2v) is 6.45. The van der Waals surface area contributed by atoms with Crippen LogP contribution in [0.25, 0.3) is 0 Å². The molecule has 26 heavy (non-hydrogen) atoms. The molecule has 0 fully saturated rings. The second kappa shape index (κ2) is 7.39. The first-order chi connectivity index (χ1) is 12.6. The van der Waals surface area contributed by atoms with Crippen LogP contribution in [0.4, 0.5) is 5.69 Å². The summed E-state index contributed by atoms with van der Waals surface area (Å²) in [6.45, 7) is 1.75. The highest BCUT2D eigenvalue weighted by molar-refractivity contribution is 6.30. The molecule has 2 aromatic carbocycles. The van der Waals surface area contributed by atoms with Gasteiger partial charge in [-0.2, -0.15) is 15.6 Å². The number of carbonyl (C=O) groups excluding carboxylic acids is 1. The zero-order valence-corrected chi connectivity index (χ0v) is 14.8. The number of carbonyl (C=O) groups is 1. The Morgan fingerprint density at radius 1 is 1.08 bits per heavy atom. The van der Waals surface area contributed by atoms with Crippen molar-refractivity contribution in [3.05, 3.63) is 65.2 Å². The number of nitrogens with zero attached hydrogens (tertiary/aromatic N) is 4. The van der Waals surface area contributed by atoms with E-state index in [1.54, 1.807) is 43.3 Å². The fraction of sp³-hybridized carbons (Fsp3) is 0.200.